The lowest BCUT2D eigenvalue weighted by Crippen LogP contribution is -2.24. The van der Waals surface area contributed by atoms with Crippen LogP contribution in [0.3, 0.4) is 0 Å². The molecule has 0 fully saturated rings. The Hall–Kier alpha value is -2.95. The van der Waals surface area contributed by atoms with Crippen molar-refractivity contribution in [2.75, 3.05) is 0 Å². The number of rotatable bonds is 5. The van der Waals surface area contributed by atoms with Crippen LogP contribution in [0.1, 0.15) is 46.0 Å². The number of Topliss-reactive ketones (excluding diaryl/α,β-unsaturated/α-hetero) is 1. The molecule has 0 aliphatic rings. The number of pyridine rings is 1. The van der Waals surface area contributed by atoms with E-state index in [0.717, 1.165) is 17.7 Å². The van der Waals surface area contributed by atoms with Crippen LogP contribution in [0.4, 0.5) is 0 Å². The Bertz CT molecular complexity index is 926. The molecule has 5 heteroatoms. The number of benzene rings is 1. The van der Waals surface area contributed by atoms with Gasteiger partial charge in [-0.3, -0.25) is 4.79 Å². The summed E-state index contributed by atoms with van der Waals surface area (Å²) in [5.74, 6) is -0.829. The summed E-state index contributed by atoms with van der Waals surface area (Å²) in [5, 5.41) is 0. The fraction of sp³-hybridized carbons (Fsp3) is 0.250. The first kappa shape index (κ1) is 16.9. The third-order valence-electron chi connectivity index (χ3n) is 4.20. The van der Waals surface area contributed by atoms with Gasteiger partial charge >= 0.3 is 5.97 Å². The number of carbonyl (C=O) groups is 2. The van der Waals surface area contributed by atoms with Crippen LogP contribution in [0.5, 0.6) is 0 Å². The van der Waals surface area contributed by atoms with Crippen LogP contribution >= 0.6 is 0 Å². The van der Waals surface area contributed by atoms with Gasteiger partial charge in [-0.25, -0.2) is 9.78 Å². The summed E-state index contributed by atoms with van der Waals surface area (Å²) >= 11 is 0. The van der Waals surface area contributed by atoms with Crippen LogP contribution in [0.25, 0.3) is 5.65 Å². The predicted molar refractivity (Wildman–Crippen MR) is 95.0 cm³/mol. The van der Waals surface area contributed by atoms with E-state index in [1.165, 1.54) is 0 Å². The van der Waals surface area contributed by atoms with E-state index in [0.29, 0.717) is 11.2 Å². The van der Waals surface area contributed by atoms with Gasteiger partial charge in [0.1, 0.15) is 5.65 Å². The van der Waals surface area contributed by atoms with Crippen molar-refractivity contribution in [1.82, 2.24) is 9.38 Å². The van der Waals surface area contributed by atoms with Gasteiger partial charge in [-0.15, -0.1) is 0 Å². The minimum atomic E-state index is -0.870. The number of carbonyl (C=O) groups excluding carboxylic acids is 2. The van der Waals surface area contributed by atoms with E-state index in [1.54, 1.807) is 25.3 Å². The van der Waals surface area contributed by atoms with Gasteiger partial charge in [0.15, 0.2) is 11.8 Å². The van der Waals surface area contributed by atoms with Crippen LogP contribution in [-0.2, 0) is 11.2 Å². The molecule has 0 aliphatic heterocycles. The van der Waals surface area contributed by atoms with Crippen molar-refractivity contribution in [2.45, 2.75) is 33.3 Å². The minimum absolute atomic E-state index is 0.190. The Labute approximate surface area is 146 Å². The summed E-state index contributed by atoms with van der Waals surface area (Å²) < 4.78 is 7.13. The molecule has 5 nitrogen and oxygen atoms in total. The molecule has 3 rings (SSSR count). The molecule has 2 heterocycles. The lowest BCUT2D eigenvalue weighted by molar-refractivity contribution is 0.0314. The van der Waals surface area contributed by atoms with Gasteiger partial charge < -0.3 is 9.14 Å². The topological polar surface area (TPSA) is 60.7 Å². The highest BCUT2D eigenvalue weighted by molar-refractivity contribution is 6.01. The highest BCUT2D eigenvalue weighted by Gasteiger charge is 2.22. The van der Waals surface area contributed by atoms with Crippen molar-refractivity contribution < 1.29 is 14.3 Å². The minimum Gasteiger partial charge on any atom is -0.449 e. The zero-order valence-electron chi connectivity index (χ0n) is 14.5. The van der Waals surface area contributed by atoms with Gasteiger partial charge in [-0.1, -0.05) is 37.3 Å². The van der Waals surface area contributed by atoms with Gasteiger partial charge in [0.25, 0.3) is 0 Å². The molecule has 25 heavy (non-hydrogen) atoms. The molecule has 0 N–H and O–H groups in total. The number of ketones is 1. The van der Waals surface area contributed by atoms with Gasteiger partial charge in [0.05, 0.1) is 0 Å². The van der Waals surface area contributed by atoms with Gasteiger partial charge in [-0.2, -0.15) is 0 Å². The summed E-state index contributed by atoms with van der Waals surface area (Å²) in [4.78, 5) is 29.0. The Kier molecular flexibility index (Phi) is 4.65. The standard InChI is InChI=1S/C20H20N2O3/c1-4-15-8-10-16(11-9-15)19(23)14(3)25-20(24)17-12-22-13(2)6-5-7-18(22)21-17/h5-12,14H,4H2,1-3H3. The number of hydrogen-bond donors (Lipinski definition) is 0. The number of nitrogens with zero attached hydrogens (tertiary/aromatic N) is 2. The first-order valence-electron chi connectivity index (χ1n) is 8.28. The molecule has 0 spiro atoms. The van der Waals surface area contributed by atoms with E-state index < -0.39 is 12.1 Å². The van der Waals surface area contributed by atoms with E-state index in [2.05, 4.69) is 11.9 Å². The molecule has 128 valence electrons. The van der Waals surface area contributed by atoms with E-state index in [1.807, 2.05) is 41.7 Å². The SMILES string of the molecule is CCc1ccc(C(=O)C(C)OC(=O)c2cn3c(C)cccc3n2)cc1. The number of esters is 1. The molecule has 0 bridgehead atoms. The molecule has 3 aromatic rings. The first-order chi connectivity index (χ1) is 12.0. The number of hydrogen-bond acceptors (Lipinski definition) is 4. The van der Waals surface area contributed by atoms with Gasteiger partial charge in [0, 0.05) is 17.5 Å². The fourth-order valence-electron chi connectivity index (χ4n) is 2.66. The van der Waals surface area contributed by atoms with Crippen molar-refractivity contribution in [1.29, 1.82) is 0 Å². The Morgan fingerprint density at radius 2 is 1.88 bits per heavy atom. The van der Waals surface area contributed by atoms with E-state index in [-0.39, 0.29) is 11.5 Å². The second kappa shape index (κ2) is 6.89. The second-order valence-corrected chi connectivity index (χ2v) is 5.98. The summed E-state index contributed by atoms with van der Waals surface area (Å²) in [6, 6.07) is 13.0. The largest absolute Gasteiger partial charge is 0.449 e. The highest BCUT2D eigenvalue weighted by Crippen LogP contribution is 2.13. The molecule has 2 aromatic heterocycles. The molecule has 0 saturated carbocycles. The van der Waals surface area contributed by atoms with Crippen LogP contribution in [0.15, 0.2) is 48.7 Å². The van der Waals surface area contributed by atoms with E-state index in [9.17, 15) is 9.59 Å². The summed E-state index contributed by atoms with van der Waals surface area (Å²) in [6.45, 7) is 5.56. The monoisotopic (exact) mass is 336 g/mol. The van der Waals surface area contributed by atoms with Crippen LogP contribution in [-0.4, -0.2) is 27.2 Å². The zero-order valence-corrected chi connectivity index (χ0v) is 14.5. The van der Waals surface area contributed by atoms with Crippen molar-refractivity contribution in [3.8, 4) is 0 Å². The molecule has 1 atom stereocenters. The van der Waals surface area contributed by atoms with Crippen molar-refractivity contribution in [2.24, 2.45) is 0 Å². The first-order valence-corrected chi connectivity index (χ1v) is 8.28. The maximum atomic E-state index is 12.4. The number of imidazole rings is 1. The molecule has 0 amide bonds. The Morgan fingerprint density at radius 3 is 2.52 bits per heavy atom. The van der Waals surface area contributed by atoms with E-state index in [4.69, 9.17) is 4.74 Å². The molecular formula is C20H20N2O3. The maximum absolute atomic E-state index is 12.4. The molecule has 0 aliphatic carbocycles. The van der Waals surface area contributed by atoms with Crippen molar-refractivity contribution >= 4 is 17.4 Å². The van der Waals surface area contributed by atoms with Crippen LogP contribution in [0.2, 0.25) is 0 Å². The maximum Gasteiger partial charge on any atom is 0.359 e. The molecule has 1 unspecified atom stereocenters. The predicted octanol–water partition coefficient (Wildman–Crippen LogP) is 3.63. The fourth-order valence-corrected chi connectivity index (χ4v) is 2.66. The Balaban J connectivity index is 1.74. The van der Waals surface area contributed by atoms with Crippen LogP contribution < -0.4 is 0 Å². The van der Waals surface area contributed by atoms with Crippen molar-refractivity contribution in [3.63, 3.8) is 0 Å². The van der Waals surface area contributed by atoms with Gasteiger partial charge in [0.2, 0.25) is 5.78 Å². The highest BCUT2D eigenvalue weighted by atomic mass is 16.5. The number of aromatic nitrogens is 2. The summed E-state index contributed by atoms with van der Waals surface area (Å²) in [7, 11) is 0. The summed E-state index contributed by atoms with van der Waals surface area (Å²) in [5.41, 5.74) is 3.50. The lowest BCUT2D eigenvalue weighted by Gasteiger charge is -2.11. The average molecular weight is 336 g/mol. The second-order valence-electron chi connectivity index (χ2n) is 5.98. The number of aryl methyl sites for hydroxylation is 2. The lowest BCUT2D eigenvalue weighted by atomic mass is 10.0. The zero-order chi connectivity index (χ0) is 18.0. The Morgan fingerprint density at radius 1 is 1.16 bits per heavy atom. The average Bonchev–Trinajstić information content (AvgIpc) is 3.07. The van der Waals surface area contributed by atoms with Crippen LogP contribution in [0, 0.1) is 6.92 Å². The van der Waals surface area contributed by atoms with Crippen molar-refractivity contribution in [3.05, 3.63) is 71.2 Å². The number of fused-ring (bicyclic) bond motifs is 1. The number of ether oxygens (including phenoxy) is 1. The molecule has 0 radical (unpaired) electrons. The molecular weight excluding hydrogens is 316 g/mol. The molecule has 0 saturated heterocycles. The quantitative estimate of drug-likeness (QED) is 0.527. The van der Waals surface area contributed by atoms with Gasteiger partial charge in [-0.05, 0) is 38.0 Å². The summed E-state index contributed by atoms with van der Waals surface area (Å²) in [6.07, 6.45) is 1.66. The smallest absolute Gasteiger partial charge is 0.359 e. The third kappa shape index (κ3) is 3.45. The third-order valence-corrected chi connectivity index (χ3v) is 4.20. The van der Waals surface area contributed by atoms with E-state index >= 15 is 0 Å². The molecule has 1 aromatic carbocycles. The normalized spacial score (nSPS) is 12.1.